The Balaban J connectivity index is 3.10. The van der Waals surface area contributed by atoms with E-state index in [9.17, 15) is 9.36 Å². The Kier molecular flexibility index (Phi) is 3.38. The molecule has 0 unspecified atom stereocenters. The van der Waals surface area contributed by atoms with E-state index in [-0.39, 0.29) is 5.92 Å². The molecule has 1 aliphatic rings. The largest absolute Gasteiger partial charge is 0.468 e. The van der Waals surface area contributed by atoms with E-state index in [2.05, 4.69) is 11.3 Å². The lowest BCUT2D eigenvalue weighted by atomic mass is 10.3. The minimum Gasteiger partial charge on any atom is -0.468 e. The number of carbonyl (C=O) groups excluding carboxylic acids is 1. The van der Waals surface area contributed by atoms with Gasteiger partial charge >= 0.3 is 13.6 Å². The third kappa shape index (κ3) is 1.55. The van der Waals surface area contributed by atoms with Crippen molar-refractivity contribution in [2.24, 2.45) is 5.92 Å². The monoisotopic (exact) mass is 234 g/mol. The van der Waals surface area contributed by atoms with Crippen LogP contribution < -0.4 is 0 Å². The standard InChI is InChI=1S/C9H15O5P/c1-5-7-6-9(7,8(10)12-2)15(11,13-3)14-4/h5,7H,1,6H2,2-4H3/t7-,9+/m0/s1. The fourth-order valence-corrected chi connectivity index (χ4v) is 3.84. The minimum atomic E-state index is -3.46. The number of hydrogen-bond donors (Lipinski definition) is 0. The highest BCUT2D eigenvalue weighted by atomic mass is 31.2. The molecule has 86 valence electrons. The lowest BCUT2D eigenvalue weighted by Crippen LogP contribution is -2.28. The molecule has 5 nitrogen and oxygen atoms in total. The molecule has 1 aliphatic carbocycles. The summed E-state index contributed by atoms with van der Waals surface area (Å²) in [7, 11) is 0.299. The van der Waals surface area contributed by atoms with Crippen molar-refractivity contribution in [3.8, 4) is 0 Å². The smallest absolute Gasteiger partial charge is 0.348 e. The van der Waals surface area contributed by atoms with Gasteiger partial charge in [-0.1, -0.05) is 6.08 Å². The molecule has 0 heterocycles. The van der Waals surface area contributed by atoms with Crippen LogP contribution >= 0.6 is 7.60 Å². The highest BCUT2D eigenvalue weighted by Gasteiger charge is 2.72. The number of hydrogen-bond acceptors (Lipinski definition) is 5. The van der Waals surface area contributed by atoms with E-state index in [1.54, 1.807) is 6.08 Å². The van der Waals surface area contributed by atoms with Crippen LogP contribution in [0.4, 0.5) is 0 Å². The van der Waals surface area contributed by atoms with Crippen LogP contribution in [-0.2, 0) is 23.1 Å². The summed E-state index contributed by atoms with van der Waals surface area (Å²) in [6.45, 7) is 3.58. The predicted molar refractivity (Wildman–Crippen MR) is 54.7 cm³/mol. The first kappa shape index (κ1) is 12.4. The summed E-state index contributed by atoms with van der Waals surface area (Å²) in [4.78, 5) is 11.6. The molecular weight excluding hydrogens is 219 g/mol. The van der Waals surface area contributed by atoms with Gasteiger partial charge in [-0.15, -0.1) is 6.58 Å². The highest BCUT2D eigenvalue weighted by molar-refractivity contribution is 7.57. The maximum absolute atomic E-state index is 12.2. The van der Waals surface area contributed by atoms with E-state index in [1.807, 2.05) is 0 Å². The van der Waals surface area contributed by atoms with E-state index in [4.69, 9.17) is 9.05 Å². The van der Waals surface area contributed by atoms with Crippen molar-refractivity contribution in [1.82, 2.24) is 0 Å². The topological polar surface area (TPSA) is 61.8 Å². The molecule has 0 N–H and O–H groups in total. The summed E-state index contributed by atoms with van der Waals surface area (Å²) in [6.07, 6.45) is 1.96. The van der Waals surface area contributed by atoms with Crippen LogP contribution in [0.5, 0.6) is 0 Å². The van der Waals surface area contributed by atoms with Crippen LogP contribution in [0.15, 0.2) is 12.7 Å². The number of allylic oxidation sites excluding steroid dienone is 1. The van der Waals surface area contributed by atoms with Crippen LogP contribution in [0.25, 0.3) is 0 Å². The Morgan fingerprint density at radius 3 is 2.27 bits per heavy atom. The SMILES string of the molecule is C=C[C@H]1C[C@@]1(C(=O)OC)P(=O)(OC)OC. The first-order valence-electron chi connectivity index (χ1n) is 4.45. The van der Waals surface area contributed by atoms with Gasteiger partial charge in [0.1, 0.15) is 0 Å². The van der Waals surface area contributed by atoms with Gasteiger partial charge in [-0.3, -0.25) is 9.36 Å². The van der Waals surface area contributed by atoms with Gasteiger partial charge in [0.05, 0.1) is 7.11 Å². The minimum absolute atomic E-state index is 0.212. The Bertz CT molecular complexity index is 318. The van der Waals surface area contributed by atoms with Crippen LogP contribution in [-0.4, -0.2) is 32.5 Å². The molecule has 6 heteroatoms. The van der Waals surface area contributed by atoms with Gasteiger partial charge in [0.15, 0.2) is 5.16 Å². The molecule has 1 saturated carbocycles. The second-order valence-electron chi connectivity index (χ2n) is 3.32. The number of esters is 1. The molecule has 1 fully saturated rings. The summed E-state index contributed by atoms with van der Waals surface area (Å²) in [6, 6.07) is 0. The summed E-state index contributed by atoms with van der Waals surface area (Å²) < 4.78 is 26.6. The number of ether oxygens (including phenoxy) is 1. The highest BCUT2D eigenvalue weighted by Crippen LogP contribution is 2.74. The summed E-state index contributed by atoms with van der Waals surface area (Å²) in [5.74, 6) is -0.782. The van der Waals surface area contributed by atoms with E-state index >= 15 is 0 Å². The molecule has 0 aromatic carbocycles. The fraction of sp³-hybridized carbons (Fsp3) is 0.667. The normalized spacial score (nSPS) is 29.7. The van der Waals surface area contributed by atoms with Crippen molar-refractivity contribution in [2.45, 2.75) is 11.6 Å². The van der Waals surface area contributed by atoms with Crippen molar-refractivity contribution >= 4 is 13.6 Å². The van der Waals surface area contributed by atoms with Crippen molar-refractivity contribution in [1.29, 1.82) is 0 Å². The average molecular weight is 234 g/mol. The quantitative estimate of drug-likeness (QED) is 0.410. The van der Waals surface area contributed by atoms with Crippen molar-refractivity contribution in [3.63, 3.8) is 0 Å². The molecule has 0 aliphatic heterocycles. The van der Waals surface area contributed by atoms with E-state index in [1.165, 1.54) is 21.3 Å². The molecule has 0 aromatic rings. The molecular formula is C9H15O5P. The molecule has 1 rings (SSSR count). The summed E-state index contributed by atoms with van der Waals surface area (Å²) in [5, 5.41) is -1.19. The number of rotatable bonds is 5. The zero-order valence-electron chi connectivity index (χ0n) is 9.06. The third-order valence-corrected chi connectivity index (χ3v) is 5.41. The maximum atomic E-state index is 12.2. The molecule has 0 bridgehead atoms. The second-order valence-corrected chi connectivity index (χ2v) is 5.85. The second kappa shape index (κ2) is 4.08. The first-order valence-corrected chi connectivity index (χ1v) is 5.99. The van der Waals surface area contributed by atoms with Crippen LogP contribution in [0, 0.1) is 5.92 Å². The van der Waals surface area contributed by atoms with E-state index in [0.29, 0.717) is 6.42 Å². The van der Waals surface area contributed by atoms with Gasteiger partial charge in [-0.05, 0) is 6.42 Å². The Labute approximate surface area is 88.9 Å². The Morgan fingerprint density at radius 1 is 1.47 bits per heavy atom. The van der Waals surface area contributed by atoms with Gasteiger partial charge in [-0.2, -0.15) is 0 Å². The number of carbonyl (C=O) groups is 1. The molecule has 0 aromatic heterocycles. The molecule has 15 heavy (non-hydrogen) atoms. The lowest BCUT2D eigenvalue weighted by molar-refractivity contribution is -0.141. The van der Waals surface area contributed by atoms with Crippen molar-refractivity contribution < 1.29 is 23.1 Å². The summed E-state index contributed by atoms with van der Waals surface area (Å²) >= 11 is 0. The number of methoxy groups -OCH3 is 1. The van der Waals surface area contributed by atoms with Crippen molar-refractivity contribution in [3.05, 3.63) is 12.7 Å². The van der Waals surface area contributed by atoms with Crippen LogP contribution in [0.2, 0.25) is 0 Å². The van der Waals surface area contributed by atoms with Crippen molar-refractivity contribution in [2.75, 3.05) is 21.3 Å². The lowest BCUT2D eigenvalue weighted by Gasteiger charge is -2.22. The third-order valence-electron chi connectivity index (χ3n) is 2.78. The van der Waals surface area contributed by atoms with Gasteiger partial charge in [-0.25, -0.2) is 0 Å². The van der Waals surface area contributed by atoms with E-state index < -0.39 is 18.7 Å². The van der Waals surface area contributed by atoms with Crippen LogP contribution in [0.1, 0.15) is 6.42 Å². The average Bonchev–Trinajstić information content (AvgIpc) is 3.03. The van der Waals surface area contributed by atoms with Gasteiger partial charge in [0.25, 0.3) is 0 Å². The molecule has 0 amide bonds. The predicted octanol–water partition coefficient (Wildman–Crippen LogP) is 1.59. The van der Waals surface area contributed by atoms with Gasteiger partial charge in [0.2, 0.25) is 0 Å². The zero-order valence-corrected chi connectivity index (χ0v) is 9.95. The van der Waals surface area contributed by atoms with Crippen LogP contribution in [0.3, 0.4) is 0 Å². The molecule has 2 atom stereocenters. The Morgan fingerprint density at radius 2 is 2.00 bits per heavy atom. The van der Waals surface area contributed by atoms with Gasteiger partial charge < -0.3 is 13.8 Å². The van der Waals surface area contributed by atoms with E-state index in [0.717, 1.165) is 0 Å². The first-order chi connectivity index (χ1) is 7.02. The molecule has 0 saturated heterocycles. The Hall–Kier alpha value is -0.640. The zero-order chi connectivity index (χ0) is 11.7. The molecule has 0 spiro atoms. The molecule has 0 radical (unpaired) electrons. The summed E-state index contributed by atoms with van der Waals surface area (Å²) in [5.41, 5.74) is 0. The fourth-order valence-electron chi connectivity index (χ4n) is 1.79. The van der Waals surface area contributed by atoms with Gasteiger partial charge in [0, 0.05) is 20.1 Å². The maximum Gasteiger partial charge on any atom is 0.348 e.